The minimum Gasteiger partial charge on any atom is -0.480 e. The van der Waals surface area contributed by atoms with Gasteiger partial charge in [-0.1, -0.05) is 29.8 Å². The van der Waals surface area contributed by atoms with Crippen molar-refractivity contribution in [1.29, 1.82) is 0 Å². The average molecular weight is 271 g/mol. The van der Waals surface area contributed by atoms with Crippen LogP contribution < -0.4 is 15.8 Å². The number of pyridine rings is 1. The Morgan fingerprint density at radius 3 is 2.65 bits per heavy atom. The molecule has 0 unspecified atom stereocenters. The first-order chi connectivity index (χ1) is 9.60. The highest BCUT2D eigenvalue weighted by Gasteiger charge is 2.11. The van der Waals surface area contributed by atoms with Gasteiger partial charge in [0.05, 0.1) is 19.0 Å². The Morgan fingerprint density at radius 1 is 1.35 bits per heavy atom. The standard InChI is InChI=1S/C15H17N3O2/c1-10-3-5-11(6-4-10)8-17-12-7-13(14(16)19)15(20-2)18-9-12/h3-7,9,17H,8H2,1-2H3,(H2,16,19). The topological polar surface area (TPSA) is 77.2 Å². The molecule has 0 bridgehead atoms. The summed E-state index contributed by atoms with van der Waals surface area (Å²) < 4.78 is 5.00. The number of benzene rings is 1. The number of methoxy groups -OCH3 is 1. The smallest absolute Gasteiger partial charge is 0.254 e. The molecule has 0 saturated carbocycles. The van der Waals surface area contributed by atoms with E-state index in [4.69, 9.17) is 10.5 Å². The van der Waals surface area contributed by atoms with Gasteiger partial charge in [0.1, 0.15) is 5.56 Å². The van der Waals surface area contributed by atoms with Crippen LogP contribution in [0, 0.1) is 6.92 Å². The maximum Gasteiger partial charge on any atom is 0.254 e. The zero-order valence-corrected chi connectivity index (χ0v) is 11.5. The number of amides is 1. The third-order valence-electron chi connectivity index (χ3n) is 2.93. The van der Waals surface area contributed by atoms with Crippen LogP contribution in [0.3, 0.4) is 0 Å². The van der Waals surface area contributed by atoms with E-state index in [1.165, 1.54) is 12.7 Å². The highest BCUT2D eigenvalue weighted by Crippen LogP contribution is 2.19. The lowest BCUT2D eigenvalue weighted by Gasteiger charge is -2.09. The van der Waals surface area contributed by atoms with Crippen LogP contribution in [0.25, 0.3) is 0 Å². The van der Waals surface area contributed by atoms with Gasteiger partial charge in [-0.15, -0.1) is 0 Å². The summed E-state index contributed by atoms with van der Waals surface area (Å²) in [4.78, 5) is 15.4. The molecule has 104 valence electrons. The first-order valence-corrected chi connectivity index (χ1v) is 6.23. The third-order valence-corrected chi connectivity index (χ3v) is 2.93. The molecule has 5 heteroatoms. The highest BCUT2D eigenvalue weighted by molar-refractivity contribution is 5.95. The minimum absolute atomic E-state index is 0.235. The largest absolute Gasteiger partial charge is 0.480 e. The number of anilines is 1. The molecule has 0 spiro atoms. The molecule has 0 atom stereocenters. The fourth-order valence-corrected chi connectivity index (χ4v) is 1.80. The number of primary amides is 1. The Morgan fingerprint density at radius 2 is 2.05 bits per heavy atom. The molecule has 0 saturated heterocycles. The molecule has 2 rings (SSSR count). The summed E-state index contributed by atoms with van der Waals surface area (Å²) in [6, 6.07) is 9.85. The number of aryl methyl sites for hydroxylation is 1. The molecule has 2 aromatic rings. The zero-order chi connectivity index (χ0) is 14.5. The van der Waals surface area contributed by atoms with Crippen LogP contribution in [0.2, 0.25) is 0 Å². The van der Waals surface area contributed by atoms with Crippen molar-refractivity contribution in [3.8, 4) is 5.88 Å². The molecule has 5 nitrogen and oxygen atoms in total. The second-order valence-electron chi connectivity index (χ2n) is 4.48. The molecule has 0 aliphatic carbocycles. The van der Waals surface area contributed by atoms with E-state index in [2.05, 4.69) is 22.4 Å². The highest BCUT2D eigenvalue weighted by atomic mass is 16.5. The number of nitrogens with two attached hydrogens (primary N) is 1. The molecule has 0 aliphatic rings. The van der Waals surface area contributed by atoms with Gasteiger partial charge in [-0.05, 0) is 18.6 Å². The van der Waals surface area contributed by atoms with Gasteiger partial charge in [-0.3, -0.25) is 4.79 Å². The maximum atomic E-state index is 11.3. The predicted octanol–water partition coefficient (Wildman–Crippen LogP) is 2.11. The van der Waals surface area contributed by atoms with E-state index < -0.39 is 5.91 Å². The Kier molecular flexibility index (Phi) is 4.20. The molecule has 3 N–H and O–H groups in total. The second-order valence-corrected chi connectivity index (χ2v) is 4.48. The number of hydrogen-bond acceptors (Lipinski definition) is 4. The maximum absolute atomic E-state index is 11.3. The second kappa shape index (κ2) is 6.06. The van der Waals surface area contributed by atoms with Crippen LogP contribution in [0.15, 0.2) is 36.5 Å². The molecule has 1 heterocycles. The summed E-state index contributed by atoms with van der Waals surface area (Å²) in [7, 11) is 1.45. The molecular formula is C15H17N3O2. The lowest BCUT2D eigenvalue weighted by Crippen LogP contribution is -2.14. The van der Waals surface area contributed by atoms with Crippen molar-refractivity contribution in [2.45, 2.75) is 13.5 Å². The van der Waals surface area contributed by atoms with Crippen molar-refractivity contribution in [2.75, 3.05) is 12.4 Å². The first-order valence-electron chi connectivity index (χ1n) is 6.23. The minimum atomic E-state index is -0.562. The Labute approximate surface area is 117 Å². The van der Waals surface area contributed by atoms with Gasteiger partial charge in [0.25, 0.3) is 5.91 Å². The molecule has 1 aromatic carbocycles. The molecule has 0 fully saturated rings. The van der Waals surface area contributed by atoms with Gasteiger partial charge in [-0.2, -0.15) is 0 Å². The van der Waals surface area contributed by atoms with Gasteiger partial charge < -0.3 is 15.8 Å². The van der Waals surface area contributed by atoms with Gasteiger partial charge in [0, 0.05) is 6.54 Å². The fraction of sp³-hybridized carbons (Fsp3) is 0.200. The van der Waals surface area contributed by atoms with Crippen LogP contribution in [0.4, 0.5) is 5.69 Å². The monoisotopic (exact) mass is 271 g/mol. The SMILES string of the molecule is COc1ncc(NCc2ccc(C)cc2)cc1C(N)=O. The van der Waals surface area contributed by atoms with Crippen LogP contribution in [0.5, 0.6) is 5.88 Å². The van der Waals surface area contributed by atoms with Crippen molar-refractivity contribution in [3.05, 3.63) is 53.2 Å². The van der Waals surface area contributed by atoms with E-state index >= 15 is 0 Å². The van der Waals surface area contributed by atoms with Crippen molar-refractivity contribution in [2.24, 2.45) is 5.73 Å². The number of carbonyl (C=O) groups is 1. The van der Waals surface area contributed by atoms with Gasteiger partial charge in [-0.25, -0.2) is 4.98 Å². The Bertz CT molecular complexity index is 609. The van der Waals surface area contributed by atoms with Crippen LogP contribution in [-0.2, 0) is 6.54 Å². The molecule has 0 aliphatic heterocycles. The van der Waals surface area contributed by atoms with E-state index in [1.807, 2.05) is 19.1 Å². The quantitative estimate of drug-likeness (QED) is 0.873. The average Bonchev–Trinajstić information content (AvgIpc) is 2.46. The van der Waals surface area contributed by atoms with E-state index in [-0.39, 0.29) is 11.4 Å². The Hall–Kier alpha value is -2.56. The lowest BCUT2D eigenvalue weighted by molar-refractivity contribution is 0.0996. The van der Waals surface area contributed by atoms with Gasteiger partial charge in [0.15, 0.2) is 0 Å². The summed E-state index contributed by atoms with van der Waals surface area (Å²) in [5, 5.41) is 3.20. The number of ether oxygens (including phenoxy) is 1. The fourth-order valence-electron chi connectivity index (χ4n) is 1.80. The lowest BCUT2D eigenvalue weighted by atomic mass is 10.1. The summed E-state index contributed by atoms with van der Waals surface area (Å²) in [5.74, 6) is -0.327. The van der Waals surface area contributed by atoms with Crippen LogP contribution >= 0.6 is 0 Å². The van der Waals surface area contributed by atoms with Crippen molar-refractivity contribution in [1.82, 2.24) is 4.98 Å². The summed E-state index contributed by atoms with van der Waals surface area (Å²) in [5.41, 5.74) is 8.65. The normalized spacial score (nSPS) is 10.1. The first kappa shape index (κ1) is 13.9. The number of nitrogens with one attached hydrogen (secondary N) is 1. The van der Waals surface area contributed by atoms with Gasteiger partial charge in [0.2, 0.25) is 5.88 Å². The molecule has 0 radical (unpaired) electrons. The van der Waals surface area contributed by atoms with Crippen LogP contribution in [0.1, 0.15) is 21.5 Å². The van der Waals surface area contributed by atoms with Crippen molar-refractivity contribution in [3.63, 3.8) is 0 Å². The zero-order valence-electron chi connectivity index (χ0n) is 11.5. The van der Waals surface area contributed by atoms with Crippen LogP contribution in [-0.4, -0.2) is 18.0 Å². The number of carbonyl (C=O) groups excluding carboxylic acids is 1. The van der Waals surface area contributed by atoms with E-state index in [1.54, 1.807) is 12.3 Å². The molecule has 20 heavy (non-hydrogen) atoms. The number of aromatic nitrogens is 1. The number of nitrogens with zero attached hydrogens (tertiary/aromatic N) is 1. The summed E-state index contributed by atoms with van der Waals surface area (Å²) >= 11 is 0. The molecule has 1 aromatic heterocycles. The summed E-state index contributed by atoms with van der Waals surface area (Å²) in [6.45, 7) is 2.69. The molecule has 1 amide bonds. The van der Waals surface area contributed by atoms with Gasteiger partial charge >= 0.3 is 0 Å². The third kappa shape index (κ3) is 3.26. The van der Waals surface area contributed by atoms with E-state index in [9.17, 15) is 4.79 Å². The molecular weight excluding hydrogens is 254 g/mol. The van der Waals surface area contributed by atoms with Crippen molar-refractivity contribution >= 4 is 11.6 Å². The number of rotatable bonds is 5. The predicted molar refractivity (Wildman–Crippen MR) is 77.8 cm³/mol. The van der Waals surface area contributed by atoms with E-state index in [0.717, 1.165) is 11.3 Å². The van der Waals surface area contributed by atoms with Crippen molar-refractivity contribution < 1.29 is 9.53 Å². The summed E-state index contributed by atoms with van der Waals surface area (Å²) in [6.07, 6.45) is 1.61. The Balaban J connectivity index is 2.11. The number of hydrogen-bond donors (Lipinski definition) is 2. The van der Waals surface area contributed by atoms with E-state index in [0.29, 0.717) is 6.54 Å².